The molecule has 1 amide bonds. The lowest BCUT2D eigenvalue weighted by molar-refractivity contribution is 0.0595. The number of nitrogens with zero attached hydrogens (tertiary/aromatic N) is 3. The topological polar surface area (TPSA) is 95.8 Å². The van der Waals surface area contributed by atoms with Crippen molar-refractivity contribution in [2.45, 2.75) is 11.1 Å². The molecule has 0 bridgehead atoms. The number of carbonyl (C=O) groups excluding carboxylic acids is 1. The number of sulfonamides is 1. The summed E-state index contributed by atoms with van der Waals surface area (Å²) < 4.78 is 30.6. The molecule has 2 aromatic rings. The SMILES string of the molecule is CN(C)S(=O)(=O)c1ccc(C(=O)N2CCNCC2c2cccnc2)o1.Cl. The van der Waals surface area contributed by atoms with Gasteiger partial charge in [0.25, 0.3) is 15.9 Å². The fourth-order valence-corrected chi connectivity index (χ4v) is 3.51. The van der Waals surface area contributed by atoms with E-state index in [1.807, 2.05) is 12.1 Å². The maximum absolute atomic E-state index is 12.9. The molecule has 1 atom stereocenters. The zero-order valence-electron chi connectivity index (χ0n) is 14.5. The number of nitrogens with one attached hydrogen (secondary N) is 1. The molecule has 3 heterocycles. The van der Waals surface area contributed by atoms with E-state index < -0.39 is 10.0 Å². The second-order valence-electron chi connectivity index (χ2n) is 5.91. The standard InChI is InChI=1S/C16H20N4O4S.ClH/c1-19(2)25(22,23)15-6-5-14(24-15)16(21)20-9-8-18-11-13(20)12-4-3-7-17-10-12;/h3-7,10,13,18H,8-9,11H2,1-2H3;1H. The molecule has 0 radical (unpaired) electrons. The summed E-state index contributed by atoms with van der Waals surface area (Å²) in [5, 5.41) is 3.02. The average molecular weight is 401 g/mol. The van der Waals surface area contributed by atoms with Crippen molar-refractivity contribution in [1.82, 2.24) is 19.5 Å². The van der Waals surface area contributed by atoms with E-state index in [2.05, 4.69) is 10.3 Å². The van der Waals surface area contributed by atoms with Gasteiger partial charge in [-0.3, -0.25) is 9.78 Å². The summed E-state index contributed by atoms with van der Waals surface area (Å²) in [4.78, 5) is 18.7. The third-order valence-electron chi connectivity index (χ3n) is 4.10. The normalized spacial score (nSPS) is 17.8. The molecule has 1 aliphatic rings. The van der Waals surface area contributed by atoms with Crippen molar-refractivity contribution in [2.24, 2.45) is 0 Å². The molecule has 0 aromatic carbocycles. The van der Waals surface area contributed by atoms with Gasteiger partial charge in [0.05, 0.1) is 6.04 Å². The Kier molecular flexibility index (Phi) is 6.40. The van der Waals surface area contributed by atoms with Gasteiger partial charge in [0.15, 0.2) is 5.76 Å². The van der Waals surface area contributed by atoms with Crippen molar-refractivity contribution in [3.63, 3.8) is 0 Å². The van der Waals surface area contributed by atoms with Crippen LogP contribution >= 0.6 is 12.4 Å². The number of hydrogen-bond acceptors (Lipinski definition) is 6. The highest BCUT2D eigenvalue weighted by molar-refractivity contribution is 7.88. The molecule has 0 saturated carbocycles. The number of piperazine rings is 1. The predicted octanol–water partition coefficient (Wildman–Crippen LogP) is 1.13. The van der Waals surface area contributed by atoms with E-state index in [-0.39, 0.29) is 35.2 Å². The highest BCUT2D eigenvalue weighted by Gasteiger charge is 2.31. The number of amides is 1. The summed E-state index contributed by atoms with van der Waals surface area (Å²) >= 11 is 0. The first-order valence-corrected chi connectivity index (χ1v) is 9.29. The Morgan fingerprint density at radius 3 is 2.77 bits per heavy atom. The summed E-state index contributed by atoms with van der Waals surface area (Å²) in [6.45, 7) is 1.75. The van der Waals surface area contributed by atoms with E-state index in [1.165, 1.54) is 26.2 Å². The highest BCUT2D eigenvalue weighted by Crippen LogP contribution is 2.25. The molecule has 1 N–H and O–H groups in total. The quantitative estimate of drug-likeness (QED) is 0.826. The van der Waals surface area contributed by atoms with Gasteiger partial charge in [0.2, 0.25) is 5.09 Å². The van der Waals surface area contributed by atoms with Crippen LogP contribution < -0.4 is 5.32 Å². The van der Waals surface area contributed by atoms with Crippen molar-refractivity contribution >= 4 is 28.3 Å². The molecule has 1 saturated heterocycles. The van der Waals surface area contributed by atoms with Crippen LogP contribution in [0, 0.1) is 0 Å². The zero-order valence-corrected chi connectivity index (χ0v) is 16.1. The van der Waals surface area contributed by atoms with Crippen LogP contribution in [0.5, 0.6) is 0 Å². The zero-order chi connectivity index (χ0) is 18.0. The summed E-state index contributed by atoms with van der Waals surface area (Å²) in [6, 6.07) is 6.26. The summed E-state index contributed by atoms with van der Waals surface area (Å²) in [5.41, 5.74) is 0.913. The first kappa shape index (κ1) is 20.4. The monoisotopic (exact) mass is 400 g/mol. The van der Waals surface area contributed by atoms with Gasteiger partial charge < -0.3 is 14.6 Å². The van der Waals surface area contributed by atoms with E-state index in [9.17, 15) is 13.2 Å². The van der Waals surface area contributed by atoms with Crippen LogP contribution in [0.4, 0.5) is 0 Å². The van der Waals surface area contributed by atoms with Gasteiger partial charge in [-0.15, -0.1) is 12.4 Å². The van der Waals surface area contributed by atoms with Gasteiger partial charge in [-0.25, -0.2) is 12.7 Å². The van der Waals surface area contributed by atoms with E-state index in [4.69, 9.17) is 4.42 Å². The summed E-state index contributed by atoms with van der Waals surface area (Å²) in [7, 11) is -0.891. The number of hydrogen-bond donors (Lipinski definition) is 1. The first-order valence-electron chi connectivity index (χ1n) is 7.85. The fourth-order valence-electron chi connectivity index (χ4n) is 2.71. The van der Waals surface area contributed by atoms with Gasteiger partial charge in [-0.2, -0.15) is 0 Å². The first-order chi connectivity index (χ1) is 11.9. The van der Waals surface area contributed by atoms with E-state index in [0.29, 0.717) is 19.6 Å². The molecule has 0 aliphatic carbocycles. The van der Waals surface area contributed by atoms with Gasteiger partial charge in [0, 0.05) is 46.1 Å². The second-order valence-corrected chi connectivity index (χ2v) is 7.99. The molecule has 2 aromatic heterocycles. The van der Waals surface area contributed by atoms with Crippen molar-refractivity contribution in [3.8, 4) is 0 Å². The van der Waals surface area contributed by atoms with Crippen LogP contribution in [0.3, 0.4) is 0 Å². The minimum Gasteiger partial charge on any atom is -0.438 e. The van der Waals surface area contributed by atoms with E-state index in [1.54, 1.807) is 17.3 Å². The molecule has 10 heteroatoms. The maximum atomic E-state index is 12.9. The molecule has 1 fully saturated rings. The lowest BCUT2D eigenvalue weighted by Crippen LogP contribution is -2.48. The molecule has 26 heavy (non-hydrogen) atoms. The minimum atomic E-state index is -3.71. The molecule has 1 aliphatic heterocycles. The number of halogens is 1. The molecule has 0 spiro atoms. The van der Waals surface area contributed by atoms with E-state index >= 15 is 0 Å². The Bertz CT molecular complexity index is 854. The lowest BCUT2D eigenvalue weighted by Gasteiger charge is -2.35. The van der Waals surface area contributed by atoms with Crippen LogP contribution in [-0.2, 0) is 10.0 Å². The number of furan rings is 1. The van der Waals surface area contributed by atoms with Crippen molar-refractivity contribution < 1.29 is 17.6 Å². The number of pyridine rings is 1. The Labute approximate surface area is 158 Å². The fraction of sp³-hybridized carbons (Fsp3) is 0.375. The lowest BCUT2D eigenvalue weighted by atomic mass is 10.1. The largest absolute Gasteiger partial charge is 0.438 e. The Morgan fingerprint density at radius 2 is 2.12 bits per heavy atom. The van der Waals surface area contributed by atoms with E-state index in [0.717, 1.165) is 9.87 Å². The Hall–Kier alpha value is -1.94. The third-order valence-corrected chi connectivity index (χ3v) is 5.79. The van der Waals surface area contributed by atoms with Gasteiger partial charge in [-0.05, 0) is 23.8 Å². The van der Waals surface area contributed by atoms with Crippen molar-refractivity contribution in [2.75, 3.05) is 33.7 Å². The number of aromatic nitrogens is 1. The highest BCUT2D eigenvalue weighted by atomic mass is 35.5. The molecule has 3 rings (SSSR count). The number of rotatable bonds is 4. The Morgan fingerprint density at radius 1 is 1.35 bits per heavy atom. The van der Waals surface area contributed by atoms with Crippen LogP contribution in [0.1, 0.15) is 22.2 Å². The smallest absolute Gasteiger partial charge is 0.290 e. The van der Waals surface area contributed by atoms with Crippen LogP contribution in [0.25, 0.3) is 0 Å². The average Bonchev–Trinajstić information content (AvgIpc) is 3.12. The summed E-state index contributed by atoms with van der Waals surface area (Å²) in [5.74, 6) is -0.327. The van der Waals surface area contributed by atoms with Crippen LogP contribution in [0.15, 0.2) is 46.2 Å². The molecule has 8 nitrogen and oxygen atoms in total. The van der Waals surface area contributed by atoms with Crippen molar-refractivity contribution in [1.29, 1.82) is 0 Å². The minimum absolute atomic E-state index is 0. The molecule has 142 valence electrons. The van der Waals surface area contributed by atoms with Crippen molar-refractivity contribution in [3.05, 3.63) is 48.0 Å². The van der Waals surface area contributed by atoms with Crippen LogP contribution in [-0.4, -0.2) is 62.2 Å². The van der Waals surface area contributed by atoms with Gasteiger partial charge in [-0.1, -0.05) is 6.07 Å². The predicted molar refractivity (Wildman–Crippen MR) is 97.7 cm³/mol. The summed E-state index contributed by atoms with van der Waals surface area (Å²) in [6.07, 6.45) is 3.40. The maximum Gasteiger partial charge on any atom is 0.290 e. The molecular weight excluding hydrogens is 380 g/mol. The van der Waals surface area contributed by atoms with Crippen LogP contribution in [0.2, 0.25) is 0 Å². The second kappa shape index (κ2) is 8.17. The third kappa shape index (κ3) is 3.90. The molecule has 1 unspecified atom stereocenters. The number of carbonyl (C=O) groups is 1. The molecular formula is C16H21ClN4O4S. The van der Waals surface area contributed by atoms with Gasteiger partial charge in [0.1, 0.15) is 0 Å². The van der Waals surface area contributed by atoms with Gasteiger partial charge >= 0.3 is 0 Å². The Balaban J connectivity index is 0.00000243.